The Morgan fingerprint density at radius 3 is 2.75 bits per heavy atom. The largest absolute Gasteiger partial charge is 0.466 e. The number of halogens is 1. The number of ether oxygens (including phenoxy) is 1. The highest BCUT2D eigenvalue weighted by Gasteiger charge is 2.42. The molecule has 20 heavy (non-hydrogen) atoms. The van der Waals surface area contributed by atoms with Gasteiger partial charge in [0.1, 0.15) is 30.4 Å². The van der Waals surface area contributed by atoms with Gasteiger partial charge in [0, 0.05) is 0 Å². The second kappa shape index (κ2) is 4.28. The standard InChI is InChI=1S/C10H11FN6O3/c11-1-3-5(18)6(19)9(20-3)17-2-14-4-7(12)15-10(13)16-8(4)17/h1-2,5-6,9,18-19H,(H4,12,13,15,16)/b3-1+/t5?,6?,9-/m1/s1. The van der Waals surface area contributed by atoms with Gasteiger partial charge in [0.2, 0.25) is 12.2 Å². The van der Waals surface area contributed by atoms with Gasteiger partial charge in [0.15, 0.2) is 17.2 Å². The summed E-state index contributed by atoms with van der Waals surface area (Å²) in [4.78, 5) is 11.7. The lowest BCUT2D eigenvalue weighted by atomic mass is 10.2. The van der Waals surface area contributed by atoms with Gasteiger partial charge in [-0.1, -0.05) is 0 Å². The van der Waals surface area contributed by atoms with Crippen LogP contribution in [0.15, 0.2) is 18.4 Å². The Hall–Kier alpha value is -2.46. The maximum atomic E-state index is 12.5. The number of fused-ring (bicyclic) bond motifs is 1. The normalized spacial score (nSPS) is 28.1. The third kappa shape index (κ3) is 1.66. The molecular formula is C10H11FN6O3. The van der Waals surface area contributed by atoms with Crippen LogP contribution in [-0.4, -0.2) is 41.9 Å². The van der Waals surface area contributed by atoms with Gasteiger partial charge in [-0.3, -0.25) is 4.57 Å². The highest BCUT2D eigenvalue weighted by molar-refractivity contribution is 5.82. The van der Waals surface area contributed by atoms with Crippen LogP contribution in [0.5, 0.6) is 0 Å². The van der Waals surface area contributed by atoms with Gasteiger partial charge in [0.25, 0.3) is 0 Å². The van der Waals surface area contributed by atoms with E-state index in [9.17, 15) is 14.6 Å². The zero-order chi connectivity index (χ0) is 14.4. The van der Waals surface area contributed by atoms with E-state index in [-0.39, 0.29) is 35.0 Å². The number of nitrogens with zero attached hydrogens (tertiary/aromatic N) is 4. The molecule has 2 aromatic heterocycles. The number of aliphatic hydroxyl groups excluding tert-OH is 2. The molecule has 0 aliphatic carbocycles. The van der Waals surface area contributed by atoms with E-state index in [0.29, 0.717) is 0 Å². The monoisotopic (exact) mass is 282 g/mol. The molecule has 1 aliphatic rings. The molecule has 0 spiro atoms. The van der Waals surface area contributed by atoms with Crippen LogP contribution in [0.1, 0.15) is 6.23 Å². The summed E-state index contributed by atoms with van der Waals surface area (Å²) < 4.78 is 19.0. The number of nitrogens with two attached hydrogens (primary N) is 2. The van der Waals surface area contributed by atoms with E-state index in [1.807, 2.05) is 0 Å². The molecule has 2 aromatic rings. The highest BCUT2D eigenvalue weighted by atomic mass is 19.1. The van der Waals surface area contributed by atoms with Gasteiger partial charge < -0.3 is 26.4 Å². The number of rotatable bonds is 1. The first-order valence-electron chi connectivity index (χ1n) is 5.61. The maximum absolute atomic E-state index is 12.5. The molecule has 2 unspecified atom stereocenters. The summed E-state index contributed by atoms with van der Waals surface area (Å²) in [5.41, 5.74) is 11.6. The Bertz CT molecular complexity index is 702. The molecule has 0 amide bonds. The minimum absolute atomic E-state index is 0.0699. The molecule has 0 bridgehead atoms. The molecule has 3 rings (SSSR count). The summed E-state index contributed by atoms with van der Waals surface area (Å²) in [6.07, 6.45) is -2.57. The van der Waals surface area contributed by atoms with Crippen LogP contribution in [0.25, 0.3) is 11.2 Å². The molecule has 0 radical (unpaired) electrons. The first-order chi connectivity index (χ1) is 9.52. The van der Waals surface area contributed by atoms with Crippen LogP contribution >= 0.6 is 0 Å². The first kappa shape index (κ1) is 12.6. The lowest BCUT2D eigenvalue weighted by molar-refractivity contribution is -0.0120. The highest BCUT2D eigenvalue weighted by Crippen LogP contribution is 2.34. The molecule has 1 fully saturated rings. The van der Waals surface area contributed by atoms with Crippen LogP contribution in [0.4, 0.5) is 16.2 Å². The summed E-state index contributed by atoms with van der Waals surface area (Å²) in [6.45, 7) is 0. The average Bonchev–Trinajstić information content (AvgIpc) is 2.93. The summed E-state index contributed by atoms with van der Waals surface area (Å²) in [7, 11) is 0. The van der Waals surface area contributed by atoms with E-state index in [2.05, 4.69) is 15.0 Å². The molecule has 9 nitrogen and oxygen atoms in total. The summed E-state index contributed by atoms with van der Waals surface area (Å²) in [6, 6.07) is 0. The third-order valence-corrected chi connectivity index (χ3v) is 3.01. The van der Waals surface area contributed by atoms with Crippen molar-refractivity contribution in [3.05, 3.63) is 18.4 Å². The van der Waals surface area contributed by atoms with Gasteiger partial charge in [-0.25, -0.2) is 9.37 Å². The predicted molar refractivity (Wildman–Crippen MR) is 65.5 cm³/mol. The fourth-order valence-electron chi connectivity index (χ4n) is 2.06. The number of aliphatic hydroxyl groups is 2. The van der Waals surface area contributed by atoms with Crippen LogP contribution in [0.2, 0.25) is 0 Å². The van der Waals surface area contributed by atoms with Crippen molar-refractivity contribution in [2.24, 2.45) is 0 Å². The van der Waals surface area contributed by atoms with E-state index < -0.39 is 18.4 Å². The Kier molecular flexibility index (Phi) is 2.69. The van der Waals surface area contributed by atoms with Gasteiger partial charge in [-0.15, -0.1) is 0 Å². The third-order valence-electron chi connectivity index (χ3n) is 3.01. The molecular weight excluding hydrogens is 271 g/mol. The van der Waals surface area contributed by atoms with Crippen molar-refractivity contribution in [2.75, 3.05) is 11.5 Å². The smallest absolute Gasteiger partial charge is 0.224 e. The second-order valence-electron chi connectivity index (χ2n) is 4.25. The maximum Gasteiger partial charge on any atom is 0.224 e. The quantitative estimate of drug-likeness (QED) is 0.524. The molecule has 6 N–H and O–H groups in total. The van der Waals surface area contributed by atoms with Crippen molar-refractivity contribution in [2.45, 2.75) is 18.4 Å². The SMILES string of the molecule is Nc1nc(N)c2ncn([C@@H]3O/C(=C/F)C(O)C3O)c2n1. The second-order valence-corrected chi connectivity index (χ2v) is 4.25. The number of aromatic nitrogens is 4. The Balaban J connectivity index is 2.12. The first-order valence-corrected chi connectivity index (χ1v) is 5.61. The summed E-state index contributed by atoms with van der Waals surface area (Å²) in [5.74, 6) is -0.383. The molecule has 10 heteroatoms. The van der Waals surface area contributed by atoms with Gasteiger partial charge in [-0.05, 0) is 0 Å². The fraction of sp³-hybridized carbons (Fsp3) is 0.300. The van der Waals surface area contributed by atoms with E-state index in [0.717, 1.165) is 0 Å². The van der Waals surface area contributed by atoms with Gasteiger partial charge in [0.05, 0.1) is 0 Å². The molecule has 106 valence electrons. The van der Waals surface area contributed by atoms with E-state index in [1.165, 1.54) is 10.9 Å². The number of imidazole rings is 1. The molecule has 3 atom stereocenters. The molecule has 0 aromatic carbocycles. The molecule has 0 saturated carbocycles. The minimum atomic E-state index is -1.47. The fourth-order valence-corrected chi connectivity index (χ4v) is 2.06. The van der Waals surface area contributed by atoms with Crippen LogP contribution < -0.4 is 11.5 Å². The number of anilines is 2. The Morgan fingerprint density at radius 2 is 2.10 bits per heavy atom. The Morgan fingerprint density at radius 1 is 1.35 bits per heavy atom. The van der Waals surface area contributed by atoms with Gasteiger partial charge in [-0.2, -0.15) is 9.97 Å². The topological polar surface area (TPSA) is 145 Å². The minimum Gasteiger partial charge on any atom is -0.466 e. The van der Waals surface area contributed by atoms with Crippen molar-refractivity contribution < 1.29 is 19.3 Å². The zero-order valence-corrected chi connectivity index (χ0v) is 10.0. The number of hydrogen-bond acceptors (Lipinski definition) is 8. The van der Waals surface area contributed by atoms with Crippen LogP contribution in [0, 0.1) is 0 Å². The van der Waals surface area contributed by atoms with Gasteiger partial charge >= 0.3 is 0 Å². The average molecular weight is 282 g/mol. The Labute approximate surface area is 111 Å². The molecule has 1 saturated heterocycles. The van der Waals surface area contributed by atoms with Crippen molar-refractivity contribution in [1.82, 2.24) is 19.5 Å². The van der Waals surface area contributed by atoms with Crippen molar-refractivity contribution in [1.29, 1.82) is 0 Å². The molecule has 1 aliphatic heterocycles. The van der Waals surface area contributed by atoms with Crippen molar-refractivity contribution >= 4 is 22.9 Å². The number of hydrogen-bond donors (Lipinski definition) is 4. The summed E-state index contributed by atoms with van der Waals surface area (Å²) >= 11 is 0. The van der Waals surface area contributed by atoms with Crippen LogP contribution in [-0.2, 0) is 4.74 Å². The predicted octanol–water partition coefficient (Wildman–Crippen LogP) is -0.948. The molecule has 3 heterocycles. The zero-order valence-electron chi connectivity index (χ0n) is 10.0. The van der Waals surface area contributed by atoms with Crippen LogP contribution in [0.3, 0.4) is 0 Å². The summed E-state index contributed by atoms with van der Waals surface area (Å²) in [5, 5.41) is 19.5. The lowest BCUT2D eigenvalue weighted by Crippen LogP contribution is -2.27. The lowest BCUT2D eigenvalue weighted by Gasteiger charge is -2.15. The van der Waals surface area contributed by atoms with E-state index in [4.69, 9.17) is 16.2 Å². The van der Waals surface area contributed by atoms with Crippen molar-refractivity contribution in [3.63, 3.8) is 0 Å². The van der Waals surface area contributed by atoms with Crippen molar-refractivity contribution in [3.8, 4) is 0 Å². The number of nitrogen functional groups attached to an aromatic ring is 2. The van der Waals surface area contributed by atoms with E-state index >= 15 is 0 Å². The van der Waals surface area contributed by atoms with E-state index in [1.54, 1.807) is 0 Å².